The highest BCUT2D eigenvalue weighted by molar-refractivity contribution is 4.98. The van der Waals surface area contributed by atoms with Gasteiger partial charge in [0.1, 0.15) is 5.54 Å². The van der Waals surface area contributed by atoms with Gasteiger partial charge in [-0.15, -0.1) is 0 Å². The fourth-order valence-corrected chi connectivity index (χ4v) is 2.00. The molecule has 5 heteroatoms. The molecular formula is C9H16F3NO. The van der Waals surface area contributed by atoms with Crippen LogP contribution in [0.5, 0.6) is 0 Å². The second kappa shape index (κ2) is 4.06. The molecule has 84 valence electrons. The van der Waals surface area contributed by atoms with Gasteiger partial charge in [0.05, 0.1) is 6.10 Å². The van der Waals surface area contributed by atoms with E-state index in [1.165, 1.54) is 7.05 Å². The van der Waals surface area contributed by atoms with E-state index < -0.39 is 11.7 Å². The first-order valence-corrected chi connectivity index (χ1v) is 4.73. The fraction of sp³-hybridized carbons (Fsp3) is 1.00. The summed E-state index contributed by atoms with van der Waals surface area (Å²) in [5.74, 6) is 0. The molecule has 1 fully saturated rings. The molecule has 0 aromatic rings. The van der Waals surface area contributed by atoms with Gasteiger partial charge in [-0.3, -0.25) is 0 Å². The van der Waals surface area contributed by atoms with Crippen molar-refractivity contribution in [2.75, 3.05) is 14.2 Å². The summed E-state index contributed by atoms with van der Waals surface area (Å²) in [6.45, 7) is 0. The Balaban J connectivity index is 2.66. The Kier molecular flexibility index (Phi) is 3.42. The van der Waals surface area contributed by atoms with E-state index in [-0.39, 0.29) is 18.9 Å². The summed E-state index contributed by atoms with van der Waals surface area (Å²) < 4.78 is 43.2. The van der Waals surface area contributed by atoms with E-state index in [2.05, 4.69) is 5.32 Å². The minimum absolute atomic E-state index is 0.0150. The van der Waals surface area contributed by atoms with Crippen LogP contribution < -0.4 is 5.32 Å². The number of rotatable bonds is 2. The monoisotopic (exact) mass is 211 g/mol. The molecule has 0 saturated heterocycles. The SMILES string of the molecule is CNC1(C(F)(F)F)CCC(OC)CC1. The Morgan fingerprint density at radius 1 is 1.29 bits per heavy atom. The summed E-state index contributed by atoms with van der Waals surface area (Å²) in [6.07, 6.45) is -3.04. The molecule has 0 heterocycles. The van der Waals surface area contributed by atoms with E-state index in [0.717, 1.165) is 0 Å². The molecule has 0 aliphatic heterocycles. The quantitative estimate of drug-likeness (QED) is 0.755. The fourth-order valence-electron chi connectivity index (χ4n) is 2.00. The number of methoxy groups -OCH3 is 1. The van der Waals surface area contributed by atoms with E-state index >= 15 is 0 Å². The molecule has 0 spiro atoms. The second-order valence-electron chi connectivity index (χ2n) is 3.76. The van der Waals surface area contributed by atoms with Crippen LogP contribution in [0.1, 0.15) is 25.7 Å². The summed E-state index contributed by atoms with van der Waals surface area (Å²) in [4.78, 5) is 0. The van der Waals surface area contributed by atoms with Gasteiger partial charge in [0.25, 0.3) is 0 Å². The summed E-state index contributed by atoms with van der Waals surface area (Å²) in [5, 5.41) is 2.42. The summed E-state index contributed by atoms with van der Waals surface area (Å²) >= 11 is 0. The Morgan fingerprint density at radius 3 is 2.07 bits per heavy atom. The zero-order valence-electron chi connectivity index (χ0n) is 8.45. The summed E-state index contributed by atoms with van der Waals surface area (Å²) in [6, 6.07) is 0. The van der Waals surface area contributed by atoms with Crippen molar-refractivity contribution < 1.29 is 17.9 Å². The molecule has 2 nitrogen and oxygen atoms in total. The van der Waals surface area contributed by atoms with Crippen LogP contribution >= 0.6 is 0 Å². The molecular weight excluding hydrogens is 195 g/mol. The number of halogens is 3. The first-order valence-electron chi connectivity index (χ1n) is 4.73. The number of hydrogen-bond acceptors (Lipinski definition) is 2. The Hall–Kier alpha value is -0.290. The molecule has 0 radical (unpaired) electrons. The Bertz CT molecular complexity index is 185. The van der Waals surface area contributed by atoms with Crippen LogP contribution in [0.25, 0.3) is 0 Å². The molecule has 1 rings (SSSR count). The first-order chi connectivity index (χ1) is 6.45. The zero-order valence-corrected chi connectivity index (χ0v) is 8.45. The average molecular weight is 211 g/mol. The maximum atomic E-state index is 12.7. The van der Waals surface area contributed by atoms with Crippen molar-refractivity contribution in [3.05, 3.63) is 0 Å². The molecule has 1 aliphatic carbocycles. The van der Waals surface area contributed by atoms with Crippen LogP contribution in [-0.4, -0.2) is 32.0 Å². The number of alkyl halides is 3. The van der Waals surface area contributed by atoms with Gasteiger partial charge in [-0.2, -0.15) is 13.2 Å². The van der Waals surface area contributed by atoms with Crippen molar-refractivity contribution in [1.82, 2.24) is 5.32 Å². The largest absolute Gasteiger partial charge is 0.406 e. The molecule has 0 unspecified atom stereocenters. The molecule has 1 N–H and O–H groups in total. The van der Waals surface area contributed by atoms with Crippen LogP contribution in [0.3, 0.4) is 0 Å². The van der Waals surface area contributed by atoms with E-state index in [1.807, 2.05) is 0 Å². The average Bonchev–Trinajstić information content (AvgIpc) is 2.16. The topological polar surface area (TPSA) is 21.3 Å². The van der Waals surface area contributed by atoms with Gasteiger partial charge in [-0.1, -0.05) is 0 Å². The molecule has 0 bridgehead atoms. The predicted molar refractivity (Wildman–Crippen MR) is 47.1 cm³/mol. The lowest BCUT2D eigenvalue weighted by atomic mass is 9.80. The summed E-state index contributed by atoms with van der Waals surface area (Å²) in [5.41, 5.74) is -1.69. The van der Waals surface area contributed by atoms with Crippen LogP contribution in [0.4, 0.5) is 13.2 Å². The second-order valence-corrected chi connectivity index (χ2v) is 3.76. The molecule has 0 aromatic carbocycles. The maximum absolute atomic E-state index is 12.7. The van der Waals surface area contributed by atoms with Crippen LogP contribution in [-0.2, 0) is 4.74 Å². The van der Waals surface area contributed by atoms with Gasteiger partial charge in [0, 0.05) is 7.11 Å². The zero-order chi connectivity index (χ0) is 10.8. The van der Waals surface area contributed by atoms with E-state index in [4.69, 9.17) is 4.74 Å². The van der Waals surface area contributed by atoms with Gasteiger partial charge < -0.3 is 10.1 Å². The van der Waals surface area contributed by atoms with E-state index in [1.54, 1.807) is 7.11 Å². The normalized spacial score (nSPS) is 34.5. The minimum Gasteiger partial charge on any atom is -0.381 e. The van der Waals surface area contributed by atoms with Crippen molar-refractivity contribution in [3.8, 4) is 0 Å². The summed E-state index contributed by atoms with van der Waals surface area (Å²) in [7, 11) is 2.92. The lowest BCUT2D eigenvalue weighted by Gasteiger charge is -2.40. The predicted octanol–water partition coefficient (Wildman–Crippen LogP) is 2.10. The van der Waals surface area contributed by atoms with Crippen LogP contribution in [0.15, 0.2) is 0 Å². The molecule has 0 aromatic heterocycles. The number of hydrogen-bond donors (Lipinski definition) is 1. The van der Waals surface area contributed by atoms with Crippen molar-refractivity contribution in [3.63, 3.8) is 0 Å². The lowest BCUT2D eigenvalue weighted by molar-refractivity contribution is -0.208. The minimum atomic E-state index is -4.17. The Labute approximate surface area is 81.8 Å². The smallest absolute Gasteiger partial charge is 0.381 e. The van der Waals surface area contributed by atoms with Gasteiger partial charge in [0.15, 0.2) is 0 Å². The van der Waals surface area contributed by atoms with Gasteiger partial charge in [-0.25, -0.2) is 0 Å². The van der Waals surface area contributed by atoms with Crippen molar-refractivity contribution >= 4 is 0 Å². The molecule has 0 amide bonds. The van der Waals surface area contributed by atoms with Gasteiger partial charge in [-0.05, 0) is 32.7 Å². The third-order valence-corrected chi connectivity index (χ3v) is 3.14. The first kappa shape index (κ1) is 11.8. The highest BCUT2D eigenvalue weighted by atomic mass is 19.4. The Morgan fingerprint density at radius 2 is 1.79 bits per heavy atom. The number of ether oxygens (including phenoxy) is 1. The molecule has 1 aliphatic rings. The highest BCUT2D eigenvalue weighted by Crippen LogP contribution is 2.41. The van der Waals surface area contributed by atoms with Crippen molar-refractivity contribution in [1.29, 1.82) is 0 Å². The third kappa shape index (κ3) is 2.03. The van der Waals surface area contributed by atoms with Crippen molar-refractivity contribution in [2.24, 2.45) is 0 Å². The number of nitrogens with one attached hydrogen (secondary N) is 1. The van der Waals surface area contributed by atoms with E-state index in [9.17, 15) is 13.2 Å². The van der Waals surface area contributed by atoms with Gasteiger partial charge >= 0.3 is 6.18 Å². The van der Waals surface area contributed by atoms with Crippen LogP contribution in [0.2, 0.25) is 0 Å². The van der Waals surface area contributed by atoms with Crippen molar-refractivity contribution in [2.45, 2.75) is 43.5 Å². The van der Waals surface area contributed by atoms with Crippen LogP contribution in [0, 0.1) is 0 Å². The van der Waals surface area contributed by atoms with Gasteiger partial charge in [0.2, 0.25) is 0 Å². The molecule has 1 saturated carbocycles. The lowest BCUT2D eigenvalue weighted by Crippen LogP contribution is -2.57. The molecule has 0 atom stereocenters. The highest BCUT2D eigenvalue weighted by Gasteiger charge is 2.54. The maximum Gasteiger partial charge on any atom is 0.406 e. The van der Waals surface area contributed by atoms with E-state index in [0.29, 0.717) is 12.8 Å². The third-order valence-electron chi connectivity index (χ3n) is 3.14. The standard InChI is InChI=1S/C9H16F3NO/c1-13-8(9(10,11)12)5-3-7(14-2)4-6-8/h7,13H,3-6H2,1-2H3. The molecule has 14 heavy (non-hydrogen) atoms.